The van der Waals surface area contributed by atoms with Gasteiger partial charge >= 0.3 is 0 Å². The second-order valence-electron chi connectivity index (χ2n) is 4.19. The first-order valence-corrected chi connectivity index (χ1v) is 5.26. The van der Waals surface area contributed by atoms with Crippen LogP contribution >= 0.6 is 0 Å². The van der Waals surface area contributed by atoms with Crippen molar-refractivity contribution < 1.29 is 14.5 Å². The minimum absolute atomic E-state index is 0.164. The standard InChI is InChI=1S/C10H17N3O3/c1-6(2)4-8(14)5-11-10(15)9-7(3)12-16-13-9/h6,8,14H,4-5H2,1-3H3,(H,11,15). The van der Waals surface area contributed by atoms with Crippen LogP contribution in [0.25, 0.3) is 0 Å². The molecule has 1 heterocycles. The summed E-state index contributed by atoms with van der Waals surface area (Å²) in [6.07, 6.45) is 0.111. The Bertz CT molecular complexity index is 349. The largest absolute Gasteiger partial charge is 0.391 e. The van der Waals surface area contributed by atoms with E-state index in [-0.39, 0.29) is 18.1 Å². The summed E-state index contributed by atoms with van der Waals surface area (Å²) in [5.74, 6) is 0.0175. The molecule has 16 heavy (non-hydrogen) atoms. The van der Waals surface area contributed by atoms with Crippen molar-refractivity contribution in [2.75, 3.05) is 6.54 Å². The van der Waals surface area contributed by atoms with Gasteiger partial charge < -0.3 is 10.4 Å². The topological polar surface area (TPSA) is 88.2 Å². The highest BCUT2D eigenvalue weighted by Crippen LogP contribution is 2.04. The van der Waals surface area contributed by atoms with Crippen molar-refractivity contribution in [2.45, 2.75) is 33.3 Å². The Kier molecular flexibility index (Phi) is 4.42. The molecule has 0 radical (unpaired) electrons. The highest BCUT2D eigenvalue weighted by molar-refractivity contribution is 5.92. The number of aryl methyl sites for hydroxylation is 1. The summed E-state index contributed by atoms with van der Waals surface area (Å²) < 4.78 is 4.41. The van der Waals surface area contributed by atoms with Crippen molar-refractivity contribution in [2.24, 2.45) is 5.92 Å². The van der Waals surface area contributed by atoms with Gasteiger partial charge in [-0.1, -0.05) is 19.0 Å². The van der Waals surface area contributed by atoms with Gasteiger partial charge in [0.25, 0.3) is 5.91 Å². The predicted molar refractivity (Wildman–Crippen MR) is 56.8 cm³/mol. The summed E-state index contributed by atoms with van der Waals surface area (Å²) in [5.41, 5.74) is 0.604. The minimum Gasteiger partial charge on any atom is -0.391 e. The van der Waals surface area contributed by atoms with E-state index >= 15 is 0 Å². The fourth-order valence-corrected chi connectivity index (χ4v) is 1.36. The van der Waals surface area contributed by atoms with Gasteiger partial charge in [-0.05, 0) is 24.4 Å². The third-order valence-corrected chi connectivity index (χ3v) is 2.11. The van der Waals surface area contributed by atoms with Gasteiger partial charge in [0.15, 0.2) is 5.69 Å². The van der Waals surface area contributed by atoms with Crippen LogP contribution in [0.2, 0.25) is 0 Å². The van der Waals surface area contributed by atoms with Gasteiger partial charge in [0.1, 0.15) is 5.69 Å². The number of nitrogens with zero attached hydrogens (tertiary/aromatic N) is 2. The van der Waals surface area contributed by atoms with E-state index in [2.05, 4.69) is 20.3 Å². The number of aromatic nitrogens is 2. The number of nitrogens with one attached hydrogen (secondary N) is 1. The molecular weight excluding hydrogens is 210 g/mol. The summed E-state index contributed by atoms with van der Waals surface area (Å²) in [5, 5.41) is 19.1. The summed E-state index contributed by atoms with van der Waals surface area (Å²) in [6, 6.07) is 0. The molecule has 0 bridgehead atoms. The molecule has 1 atom stereocenters. The Balaban J connectivity index is 2.39. The maximum atomic E-state index is 11.5. The van der Waals surface area contributed by atoms with Crippen molar-refractivity contribution in [3.8, 4) is 0 Å². The number of carbonyl (C=O) groups is 1. The zero-order chi connectivity index (χ0) is 12.1. The van der Waals surface area contributed by atoms with E-state index in [0.29, 0.717) is 18.0 Å². The van der Waals surface area contributed by atoms with Crippen LogP contribution in [0.4, 0.5) is 0 Å². The minimum atomic E-state index is -0.538. The highest BCUT2D eigenvalue weighted by atomic mass is 16.6. The Morgan fingerprint density at radius 1 is 1.50 bits per heavy atom. The summed E-state index contributed by atoms with van der Waals surface area (Å²) in [4.78, 5) is 11.5. The molecular formula is C10H17N3O3. The van der Waals surface area contributed by atoms with Crippen LogP contribution < -0.4 is 5.32 Å². The Hall–Kier alpha value is -1.43. The second kappa shape index (κ2) is 5.60. The van der Waals surface area contributed by atoms with Crippen LogP contribution in [0.5, 0.6) is 0 Å². The highest BCUT2D eigenvalue weighted by Gasteiger charge is 2.16. The lowest BCUT2D eigenvalue weighted by molar-refractivity contribution is 0.0890. The van der Waals surface area contributed by atoms with E-state index in [1.54, 1.807) is 6.92 Å². The fraction of sp³-hybridized carbons (Fsp3) is 0.700. The Labute approximate surface area is 94.0 Å². The number of aliphatic hydroxyl groups excluding tert-OH is 1. The van der Waals surface area contributed by atoms with E-state index in [4.69, 9.17) is 0 Å². The number of hydrogen-bond donors (Lipinski definition) is 2. The molecule has 0 fully saturated rings. The molecule has 1 aromatic rings. The number of amides is 1. The molecule has 1 amide bonds. The monoisotopic (exact) mass is 227 g/mol. The van der Waals surface area contributed by atoms with Crippen molar-refractivity contribution in [3.63, 3.8) is 0 Å². The summed E-state index contributed by atoms with van der Waals surface area (Å²) in [6.45, 7) is 5.87. The third kappa shape index (κ3) is 3.62. The quantitative estimate of drug-likeness (QED) is 0.765. The molecule has 0 aliphatic heterocycles. The maximum absolute atomic E-state index is 11.5. The molecule has 0 aromatic carbocycles. The van der Waals surface area contributed by atoms with Gasteiger partial charge in [0, 0.05) is 6.54 Å². The van der Waals surface area contributed by atoms with Crippen LogP contribution in [-0.2, 0) is 0 Å². The molecule has 1 unspecified atom stereocenters. The molecule has 0 spiro atoms. The fourth-order valence-electron chi connectivity index (χ4n) is 1.36. The molecule has 1 rings (SSSR count). The van der Waals surface area contributed by atoms with Crippen molar-refractivity contribution >= 4 is 5.91 Å². The van der Waals surface area contributed by atoms with Gasteiger partial charge in [-0.2, -0.15) is 0 Å². The molecule has 0 saturated carbocycles. The van der Waals surface area contributed by atoms with Crippen molar-refractivity contribution in [1.82, 2.24) is 15.6 Å². The Morgan fingerprint density at radius 3 is 2.69 bits per heavy atom. The molecule has 0 aliphatic rings. The van der Waals surface area contributed by atoms with Gasteiger partial charge in [0.2, 0.25) is 0 Å². The van der Waals surface area contributed by atoms with E-state index < -0.39 is 6.10 Å². The molecule has 6 nitrogen and oxygen atoms in total. The predicted octanol–water partition coefficient (Wildman–Crippen LogP) is 0.515. The average molecular weight is 227 g/mol. The zero-order valence-electron chi connectivity index (χ0n) is 9.73. The Morgan fingerprint density at radius 2 is 2.19 bits per heavy atom. The van der Waals surface area contributed by atoms with E-state index in [9.17, 15) is 9.90 Å². The van der Waals surface area contributed by atoms with E-state index in [1.165, 1.54) is 0 Å². The molecule has 1 aromatic heterocycles. The lowest BCUT2D eigenvalue weighted by Gasteiger charge is -2.13. The van der Waals surface area contributed by atoms with Crippen LogP contribution in [0, 0.1) is 12.8 Å². The zero-order valence-corrected chi connectivity index (χ0v) is 9.73. The number of aliphatic hydroxyl groups is 1. The lowest BCUT2D eigenvalue weighted by Crippen LogP contribution is -2.33. The second-order valence-corrected chi connectivity index (χ2v) is 4.19. The smallest absolute Gasteiger partial charge is 0.275 e. The van der Waals surface area contributed by atoms with Crippen LogP contribution in [0.1, 0.15) is 36.5 Å². The summed E-state index contributed by atoms with van der Waals surface area (Å²) in [7, 11) is 0. The molecule has 0 saturated heterocycles. The van der Waals surface area contributed by atoms with Gasteiger partial charge in [-0.15, -0.1) is 0 Å². The molecule has 2 N–H and O–H groups in total. The average Bonchev–Trinajstić information content (AvgIpc) is 2.60. The SMILES string of the molecule is Cc1nonc1C(=O)NCC(O)CC(C)C. The third-order valence-electron chi connectivity index (χ3n) is 2.11. The van der Waals surface area contributed by atoms with E-state index in [0.717, 1.165) is 0 Å². The first-order valence-electron chi connectivity index (χ1n) is 5.26. The molecule has 90 valence electrons. The van der Waals surface area contributed by atoms with Crippen LogP contribution in [0.15, 0.2) is 4.63 Å². The van der Waals surface area contributed by atoms with Crippen LogP contribution in [0.3, 0.4) is 0 Å². The number of hydrogen-bond acceptors (Lipinski definition) is 5. The van der Waals surface area contributed by atoms with Gasteiger partial charge in [-0.3, -0.25) is 4.79 Å². The van der Waals surface area contributed by atoms with Crippen molar-refractivity contribution in [3.05, 3.63) is 11.4 Å². The normalized spacial score (nSPS) is 12.8. The van der Waals surface area contributed by atoms with E-state index in [1.807, 2.05) is 13.8 Å². The van der Waals surface area contributed by atoms with Crippen molar-refractivity contribution in [1.29, 1.82) is 0 Å². The van der Waals surface area contributed by atoms with Gasteiger partial charge in [-0.25, -0.2) is 4.63 Å². The number of rotatable bonds is 5. The first kappa shape index (κ1) is 12.6. The van der Waals surface area contributed by atoms with Gasteiger partial charge in [0.05, 0.1) is 6.10 Å². The lowest BCUT2D eigenvalue weighted by atomic mass is 10.1. The van der Waals surface area contributed by atoms with Crippen LogP contribution in [-0.4, -0.2) is 34.0 Å². The first-order chi connectivity index (χ1) is 7.50. The maximum Gasteiger partial charge on any atom is 0.275 e. The molecule has 0 aliphatic carbocycles. The summed E-state index contributed by atoms with van der Waals surface area (Å²) >= 11 is 0. The molecule has 6 heteroatoms. The number of carbonyl (C=O) groups excluding carboxylic acids is 1.